The van der Waals surface area contributed by atoms with Gasteiger partial charge >= 0.3 is 0 Å². The molecule has 0 fully saturated rings. The van der Waals surface area contributed by atoms with Gasteiger partial charge in [0.1, 0.15) is 5.25 Å². The van der Waals surface area contributed by atoms with Gasteiger partial charge in [0.2, 0.25) is 5.91 Å². The third-order valence-electron chi connectivity index (χ3n) is 3.64. The number of carbonyl (C=O) groups is 2. The summed E-state index contributed by atoms with van der Waals surface area (Å²) in [4.78, 5) is 32.9. The lowest BCUT2D eigenvalue weighted by Gasteiger charge is -2.16. The SMILES string of the molecule is CC(=O)c1cccc(NC(=O)[C@@H](Sc2ncccn2)c2ccccc2)c1. The molecule has 1 aromatic heterocycles. The fourth-order valence-corrected chi connectivity index (χ4v) is 3.29. The summed E-state index contributed by atoms with van der Waals surface area (Å²) >= 11 is 1.28. The first-order valence-corrected chi connectivity index (χ1v) is 8.92. The molecule has 0 saturated heterocycles. The lowest BCUT2D eigenvalue weighted by molar-refractivity contribution is -0.115. The van der Waals surface area contributed by atoms with Crippen molar-refractivity contribution in [2.24, 2.45) is 0 Å². The molecule has 3 rings (SSSR count). The van der Waals surface area contributed by atoms with Gasteiger partial charge in [-0.15, -0.1) is 0 Å². The number of nitrogens with one attached hydrogen (secondary N) is 1. The molecule has 0 spiro atoms. The van der Waals surface area contributed by atoms with Crippen molar-refractivity contribution in [3.8, 4) is 0 Å². The van der Waals surface area contributed by atoms with Crippen LogP contribution in [0.25, 0.3) is 0 Å². The second-order valence-corrected chi connectivity index (χ2v) is 6.64. The van der Waals surface area contributed by atoms with Crippen LogP contribution < -0.4 is 5.32 Å². The minimum atomic E-state index is -0.514. The van der Waals surface area contributed by atoms with Gasteiger partial charge in [-0.2, -0.15) is 0 Å². The van der Waals surface area contributed by atoms with E-state index >= 15 is 0 Å². The largest absolute Gasteiger partial charge is 0.325 e. The smallest absolute Gasteiger partial charge is 0.242 e. The topological polar surface area (TPSA) is 72.0 Å². The number of anilines is 1. The van der Waals surface area contributed by atoms with E-state index in [0.29, 0.717) is 16.4 Å². The number of rotatable bonds is 6. The number of carbonyl (C=O) groups excluding carboxylic acids is 2. The highest BCUT2D eigenvalue weighted by atomic mass is 32.2. The maximum Gasteiger partial charge on any atom is 0.242 e. The number of Topliss-reactive ketones (excluding diaryl/α,β-unsaturated/α-hetero) is 1. The monoisotopic (exact) mass is 363 g/mol. The van der Waals surface area contributed by atoms with Crippen LogP contribution in [0.5, 0.6) is 0 Å². The number of hydrogen-bond donors (Lipinski definition) is 1. The second kappa shape index (κ2) is 8.40. The van der Waals surface area contributed by atoms with Gasteiger partial charge < -0.3 is 5.32 Å². The number of benzene rings is 2. The van der Waals surface area contributed by atoms with Crippen LogP contribution >= 0.6 is 11.8 Å². The average Bonchev–Trinajstić information content (AvgIpc) is 2.67. The molecule has 2 aromatic carbocycles. The minimum absolute atomic E-state index is 0.0484. The summed E-state index contributed by atoms with van der Waals surface area (Å²) in [5, 5.41) is 2.90. The third kappa shape index (κ3) is 4.55. The first-order valence-electron chi connectivity index (χ1n) is 8.04. The van der Waals surface area contributed by atoms with Crippen molar-refractivity contribution in [3.05, 3.63) is 84.2 Å². The average molecular weight is 363 g/mol. The first-order chi connectivity index (χ1) is 12.6. The highest BCUT2D eigenvalue weighted by Crippen LogP contribution is 2.34. The summed E-state index contributed by atoms with van der Waals surface area (Å²) < 4.78 is 0. The molecular weight excluding hydrogens is 346 g/mol. The number of nitrogens with zero attached hydrogens (tertiary/aromatic N) is 2. The Morgan fingerprint density at radius 3 is 2.38 bits per heavy atom. The predicted molar refractivity (Wildman–Crippen MR) is 102 cm³/mol. The van der Waals surface area contributed by atoms with E-state index in [1.165, 1.54) is 18.7 Å². The number of hydrogen-bond acceptors (Lipinski definition) is 5. The zero-order valence-electron chi connectivity index (χ0n) is 14.1. The van der Waals surface area contributed by atoms with Crippen molar-refractivity contribution in [2.75, 3.05) is 5.32 Å². The third-order valence-corrected chi connectivity index (χ3v) is 4.79. The highest BCUT2D eigenvalue weighted by molar-refractivity contribution is 8.00. The van der Waals surface area contributed by atoms with E-state index in [1.54, 1.807) is 42.7 Å². The molecule has 0 aliphatic heterocycles. The van der Waals surface area contributed by atoms with Crippen LogP contribution in [0.1, 0.15) is 28.1 Å². The zero-order chi connectivity index (χ0) is 18.4. The van der Waals surface area contributed by atoms with Gasteiger partial charge in [0.25, 0.3) is 0 Å². The van der Waals surface area contributed by atoms with Gasteiger partial charge in [0, 0.05) is 23.6 Å². The molecule has 0 radical (unpaired) electrons. The van der Waals surface area contributed by atoms with Gasteiger partial charge in [-0.1, -0.05) is 54.2 Å². The standard InChI is InChI=1S/C20H17N3O2S/c1-14(24)16-9-5-10-17(13-16)23-19(25)18(15-7-3-2-4-8-15)26-20-21-11-6-12-22-20/h2-13,18H,1H3,(H,23,25)/t18-/m0/s1. The summed E-state index contributed by atoms with van der Waals surface area (Å²) in [5.74, 6) is -0.248. The fourth-order valence-electron chi connectivity index (χ4n) is 2.38. The summed E-state index contributed by atoms with van der Waals surface area (Å²) in [6.07, 6.45) is 3.29. The molecule has 26 heavy (non-hydrogen) atoms. The van der Waals surface area contributed by atoms with Crippen molar-refractivity contribution < 1.29 is 9.59 Å². The highest BCUT2D eigenvalue weighted by Gasteiger charge is 2.23. The second-order valence-electron chi connectivity index (χ2n) is 5.57. The quantitative estimate of drug-likeness (QED) is 0.405. The minimum Gasteiger partial charge on any atom is -0.325 e. The van der Waals surface area contributed by atoms with Crippen LogP contribution in [0.2, 0.25) is 0 Å². The molecule has 1 heterocycles. The Kier molecular flexibility index (Phi) is 5.76. The summed E-state index contributed by atoms with van der Waals surface area (Å²) in [6, 6.07) is 18.1. The number of aromatic nitrogens is 2. The van der Waals surface area contributed by atoms with Gasteiger partial charge in [0.15, 0.2) is 10.9 Å². The molecule has 1 N–H and O–H groups in total. The Balaban J connectivity index is 1.85. The van der Waals surface area contributed by atoms with Crippen molar-refractivity contribution in [1.82, 2.24) is 9.97 Å². The Morgan fingerprint density at radius 2 is 1.69 bits per heavy atom. The normalized spacial score (nSPS) is 11.6. The molecule has 0 bridgehead atoms. The van der Waals surface area contributed by atoms with Crippen LogP contribution in [0.15, 0.2) is 78.2 Å². The Hall–Kier alpha value is -2.99. The van der Waals surface area contributed by atoms with Crippen molar-refractivity contribution in [3.63, 3.8) is 0 Å². The Bertz CT molecular complexity index is 901. The molecule has 0 saturated carbocycles. The van der Waals surface area contributed by atoms with Gasteiger partial charge in [0.05, 0.1) is 0 Å². The maximum absolute atomic E-state index is 12.9. The van der Waals surface area contributed by atoms with Crippen molar-refractivity contribution in [2.45, 2.75) is 17.3 Å². The van der Waals surface area contributed by atoms with Gasteiger partial charge in [-0.25, -0.2) is 9.97 Å². The molecule has 0 unspecified atom stereocenters. The summed E-state index contributed by atoms with van der Waals surface area (Å²) in [7, 11) is 0. The van der Waals surface area contributed by atoms with Crippen LogP contribution in [-0.4, -0.2) is 21.7 Å². The summed E-state index contributed by atoms with van der Waals surface area (Å²) in [5.41, 5.74) is 1.99. The molecule has 5 nitrogen and oxygen atoms in total. The molecule has 0 aliphatic rings. The molecule has 6 heteroatoms. The van der Waals surface area contributed by atoms with Crippen molar-refractivity contribution >= 4 is 29.1 Å². The van der Waals surface area contributed by atoms with E-state index in [1.807, 2.05) is 30.3 Å². The van der Waals surface area contributed by atoms with E-state index in [9.17, 15) is 9.59 Å². The molecule has 130 valence electrons. The van der Waals surface area contributed by atoms with Gasteiger partial charge in [-0.05, 0) is 30.7 Å². The predicted octanol–water partition coefficient (Wildman–Crippen LogP) is 4.15. The van der Waals surface area contributed by atoms with Crippen LogP contribution in [0.3, 0.4) is 0 Å². The lowest BCUT2D eigenvalue weighted by atomic mass is 10.1. The summed E-state index contributed by atoms with van der Waals surface area (Å²) in [6.45, 7) is 1.50. The molecule has 1 atom stereocenters. The molecule has 0 aliphatic carbocycles. The van der Waals surface area contributed by atoms with Crippen LogP contribution in [0, 0.1) is 0 Å². The Labute approximate surface area is 155 Å². The van der Waals surface area contributed by atoms with Crippen LogP contribution in [0.4, 0.5) is 5.69 Å². The maximum atomic E-state index is 12.9. The number of amides is 1. The van der Waals surface area contributed by atoms with E-state index in [0.717, 1.165) is 5.56 Å². The molecular formula is C20H17N3O2S. The van der Waals surface area contributed by atoms with Gasteiger partial charge in [-0.3, -0.25) is 9.59 Å². The molecule has 1 amide bonds. The number of ketones is 1. The lowest BCUT2D eigenvalue weighted by Crippen LogP contribution is -2.19. The van der Waals surface area contributed by atoms with E-state index in [4.69, 9.17) is 0 Å². The molecule has 3 aromatic rings. The van der Waals surface area contributed by atoms with E-state index in [-0.39, 0.29) is 11.7 Å². The number of thioether (sulfide) groups is 1. The first kappa shape index (κ1) is 17.8. The van der Waals surface area contributed by atoms with Crippen molar-refractivity contribution in [1.29, 1.82) is 0 Å². The Morgan fingerprint density at radius 1 is 0.962 bits per heavy atom. The van der Waals surface area contributed by atoms with Crippen LogP contribution in [-0.2, 0) is 4.79 Å². The van der Waals surface area contributed by atoms with E-state index < -0.39 is 5.25 Å². The zero-order valence-corrected chi connectivity index (χ0v) is 14.9. The van der Waals surface area contributed by atoms with E-state index in [2.05, 4.69) is 15.3 Å². The fraction of sp³-hybridized carbons (Fsp3) is 0.100.